The quantitative estimate of drug-likeness (QED) is 0.281. The molecule has 1 aromatic heterocycles. The van der Waals surface area contributed by atoms with E-state index in [0.717, 1.165) is 73.4 Å². The third-order valence-corrected chi connectivity index (χ3v) is 6.53. The van der Waals surface area contributed by atoms with Crippen LogP contribution in [-0.4, -0.2) is 45.9 Å². The summed E-state index contributed by atoms with van der Waals surface area (Å²) in [5.74, 6) is 1.91. The molecule has 7 heteroatoms. The number of carbonyl (C=O) groups is 2. The minimum atomic E-state index is -0.102. The Morgan fingerprint density at radius 1 is 0.973 bits per heavy atom. The van der Waals surface area contributed by atoms with Crippen LogP contribution < -0.4 is 11.1 Å². The summed E-state index contributed by atoms with van der Waals surface area (Å²) < 4.78 is 2.20. The Labute approximate surface area is 221 Å². The van der Waals surface area contributed by atoms with Crippen molar-refractivity contribution in [1.82, 2.24) is 14.5 Å². The molecule has 0 fully saturated rings. The van der Waals surface area contributed by atoms with Crippen LogP contribution in [0.3, 0.4) is 0 Å². The van der Waals surface area contributed by atoms with Crippen LogP contribution in [-0.2, 0) is 11.3 Å². The average molecular weight is 506 g/mol. The van der Waals surface area contributed by atoms with Gasteiger partial charge in [-0.05, 0) is 86.5 Å². The second kappa shape index (κ2) is 13.4. The minimum Gasteiger partial charge on any atom is -0.339 e. The van der Waals surface area contributed by atoms with Gasteiger partial charge in [0.2, 0.25) is 5.91 Å². The van der Waals surface area contributed by atoms with Crippen molar-refractivity contribution in [3.8, 4) is 11.4 Å². The van der Waals surface area contributed by atoms with Crippen molar-refractivity contribution in [2.24, 2.45) is 17.6 Å². The third kappa shape index (κ3) is 7.89. The number of anilines is 1. The number of unbranched alkanes of at least 4 members (excludes halogenated alkanes) is 1. The van der Waals surface area contributed by atoms with E-state index in [9.17, 15) is 9.59 Å². The number of fused-ring (bicyclic) bond motifs is 1. The number of hydrogen-bond acceptors (Lipinski definition) is 4. The van der Waals surface area contributed by atoms with Crippen molar-refractivity contribution in [2.75, 3.05) is 25.0 Å². The lowest BCUT2D eigenvalue weighted by atomic mass is 10.1. The number of rotatable bonds is 13. The fraction of sp³-hybridized carbons (Fsp3) is 0.500. The van der Waals surface area contributed by atoms with E-state index < -0.39 is 0 Å². The van der Waals surface area contributed by atoms with Gasteiger partial charge in [-0.25, -0.2) is 4.98 Å². The summed E-state index contributed by atoms with van der Waals surface area (Å²) in [6.07, 6.45) is 3.81. The maximum atomic E-state index is 13.6. The van der Waals surface area contributed by atoms with E-state index in [-0.39, 0.29) is 11.8 Å². The van der Waals surface area contributed by atoms with Gasteiger partial charge in [-0.15, -0.1) is 0 Å². The number of aromatic nitrogens is 2. The van der Waals surface area contributed by atoms with Gasteiger partial charge < -0.3 is 20.5 Å². The van der Waals surface area contributed by atoms with Crippen molar-refractivity contribution < 1.29 is 9.59 Å². The molecule has 0 saturated carbocycles. The first-order valence-electron chi connectivity index (χ1n) is 13.6. The highest BCUT2D eigenvalue weighted by Crippen LogP contribution is 2.28. The molecule has 1 heterocycles. The van der Waals surface area contributed by atoms with Crippen molar-refractivity contribution >= 4 is 28.5 Å². The van der Waals surface area contributed by atoms with Crippen LogP contribution in [0.1, 0.15) is 70.7 Å². The number of hydrogen-bond donors (Lipinski definition) is 2. The van der Waals surface area contributed by atoms with Crippen LogP contribution in [0.25, 0.3) is 22.4 Å². The van der Waals surface area contributed by atoms with Crippen LogP contribution in [0.4, 0.5) is 5.69 Å². The molecule has 0 atom stereocenters. The molecule has 3 N–H and O–H groups in total. The summed E-state index contributed by atoms with van der Waals surface area (Å²) in [6.45, 7) is 13.2. The molecular weight excluding hydrogens is 462 g/mol. The highest BCUT2D eigenvalue weighted by Gasteiger charge is 2.19. The van der Waals surface area contributed by atoms with E-state index in [4.69, 9.17) is 10.7 Å². The minimum absolute atomic E-state index is 0.0825. The van der Waals surface area contributed by atoms with Crippen LogP contribution >= 0.6 is 0 Å². The van der Waals surface area contributed by atoms with Gasteiger partial charge >= 0.3 is 0 Å². The van der Waals surface area contributed by atoms with E-state index >= 15 is 0 Å². The fourth-order valence-corrected chi connectivity index (χ4v) is 4.35. The lowest BCUT2D eigenvalue weighted by molar-refractivity contribution is -0.114. The van der Waals surface area contributed by atoms with Gasteiger partial charge in [0.05, 0.1) is 11.0 Å². The number of nitrogens with zero attached hydrogens (tertiary/aromatic N) is 3. The second-order valence-corrected chi connectivity index (χ2v) is 10.7. The number of imidazole rings is 1. The standard InChI is InChI=1S/C30H43N5O2/c1-21(2)14-18-34(19-15-22(3)4)30(37)25-10-13-27-28(20-25)35(17-7-6-16-31)29(33-27)24-8-11-26(12-9-24)32-23(5)36/h8-13,20-22H,6-7,14-19,31H2,1-5H3,(H,32,36). The first-order valence-corrected chi connectivity index (χ1v) is 13.6. The number of nitrogens with one attached hydrogen (secondary N) is 1. The zero-order valence-corrected chi connectivity index (χ0v) is 23.1. The maximum absolute atomic E-state index is 13.6. The molecule has 2 aromatic carbocycles. The Bertz CT molecular complexity index is 1170. The Kier molecular flexibility index (Phi) is 10.3. The first kappa shape index (κ1) is 28.4. The summed E-state index contributed by atoms with van der Waals surface area (Å²) in [5.41, 5.74) is 10.00. The molecule has 0 bridgehead atoms. The SMILES string of the molecule is CC(=O)Nc1ccc(-c2nc3ccc(C(=O)N(CCC(C)C)CCC(C)C)cc3n2CCCCN)cc1. The van der Waals surface area contributed by atoms with E-state index in [1.165, 1.54) is 6.92 Å². The van der Waals surface area contributed by atoms with Gasteiger partial charge in [0.25, 0.3) is 5.91 Å². The number of carbonyl (C=O) groups excluding carboxylic acids is 2. The van der Waals surface area contributed by atoms with Crippen LogP contribution in [0, 0.1) is 11.8 Å². The zero-order valence-electron chi connectivity index (χ0n) is 23.1. The topological polar surface area (TPSA) is 93.2 Å². The van der Waals surface area contributed by atoms with Gasteiger partial charge in [-0.1, -0.05) is 27.7 Å². The molecule has 37 heavy (non-hydrogen) atoms. The number of benzene rings is 2. The number of amides is 2. The lowest BCUT2D eigenvalue weighted by Crippen LogP contribution is -2.34. The maximum Gasteiger partial charge on any atom is 0.253 e. The summed E-state index contributed by atoms with van der Waals surface area (Å²) in [4.78, 5) is 32.0. The van der Waals surface area contributed by atoms with E-state index in [1.807, 2.05) is 47.4 Å². The first-order chi connectivity index (χ1) is 17.7. The predicted octanol–water partition coefficient (Wildman–Crippen LogP) is 5.94. The van der Waals surface area contributed by atoms with Gasteiger partial charge in [0.1, 0.15) is 5.82 Å². The van der Waals surface area contributed by atoms with E-state index in [0.29, 0.717) is 23.9 Å². The molecular formula is C30H43N5O2. The average Bonchev–Trinajstić information content (AvgIpc) is 3.21. The van der Waals surface area contributed by atoms with Crippen LogP contribution in [0.15, 0.2) is 42.5 Å². The zero-order chi connectivity index (χ0) is 26.9. The molecule has 0 spiro atoms. The van der Waals surface area contributed by atoms with Gasteiger partial charge in [-0.3, -0.25) is 9.59 Å². The summed E-state index contributed by atoms with van der Waals surface area (Å²) in [5, 5.41) is 2.81. The van der Waals surface area contributed by atoms with Crippen molar-refractivity contribution in [2.45, 2.75) is 66.8 Å². The molecule has 7 nitrogen and oxygen atoms in total. The van der Waals surface area contributed by atoms with Crippen molar-refractivity contribution in [1.29, 1.82) is 0 Å². The molecule has 2 amide bonds. The second-order valence-electron chi connectivity index (χ2n) is 10.7. The van der Waals surface area contributed by atoms with Crippen molar-refractivity contribution in [3.05, 3.63) is 48.0 Å². The number of nitrogens with two attached hydrogens (primary N) is 1. The summed E-state index contributed by atoms with van der Waals surface area (Å²) >= 11 is 0. The largest absolute Gasteiger partial charge is 0.339 e. The number of aryl methyl sites for hydroxylation is 1. The molecule has 0 aliphatic rings. The van der Waals surface area contributed by atoms with Crippen molar-refractivity contribution in [3.63, 3.8) is 0 Å². The molecule has 200 valence electrons. The highest BCUT2D eigenvalue weighted by atomic mass is 16.2. The monoisotopic (exact) mass is 505 g/mol. The van der Waals surface area contributed by atoms with Gasteiger partial charge in [0.15, 0.2) is 0 Å². The van der Waals surface area contributed by atoms with Gasteiger partial charge in [0, 0.05) is 43.4 Å². The molecule has 0 saturated heterocycles. The normalized spacial score (nSPS) is 11.5. The van der Waals surface area contributed by atoms with E-state index in [1.54, 1.807) is 0 Å². The smallest absolute Gasteiger partial charge is 0.253 e. The predicted molar refractivity (Wildman–Crippen MR) is 153 cm³/mol. The van der Waals surface area contributed by atoms with E-state index in [2.05, 4.69) is 37.6 Å². The molecule has 0 radical (unpaired) electrons. The van der Waals surface area contributed by atoms with Crippen LogP contribution in [0.5, 0.6) is 0 Å². The highest BCUT2D eigenvalue weighted by molar-refractivity contribution is 5.98. The molecule has 0 aliphatic carbocycles. The molecule has 0 unspecified atom stereocenters. The Morgan fingerprint density at radius 3 is 2.19 bits per heavy atom. The Balaban J connectivity index is 1.98. The molecule has 3 aromatic rings. The molecule has 0 aliphatic heterocycles. The van der Waals surface area contributed by atoms with Gasteiger partial charge in [-0.2, -0.15) is 0 Å². The summed E-state index contributed by atoms with van der Waals surface area (Å²) in [6, 6.07) is 13.6. The molecule has 3 rings (SSSR count). The lowest BCUT2D eigenvalue weighted by Gasteiger charge is -2.24. The summed E-state index contributed by atoms with van der Waals surface area (Å²) in [7, 11) is 0. The Morgan fingerprint density at radius 2 is 1.62 bits per heavy atom. The van der Waals surface area contributed by atoms with Crippen LogP contribution in [0.2, 0.25) is 0 Å². The third-order valence-electron chi connectivity index (χ3n) is 6.53. The fourth-order valence-electron chi connectivity index (χ4n) is 4.35. The Hall–Kier alpha value is -3.19.